The Hall–Kier alpha value is -1.95. The van der Waals surface area contributed by atoms with Gasteiger partial charge in [0, 0.05) is 6.92 Å². The minimum atomic E-state index is -0.427. The van der Waals surface area contributed by atoms with Gasteiger partial charge in [0.25, 0.3) is 0 Å². The highest BCUT2D eigenvalue weighted by molar-refractivity contribution is 7.18. The first kappa shape index (κ1) is 15.9. The number of nitrogens with one attached hydrogen (secondary N) is 2. The van der Waals surface area contributed by atoms with Crippen LogP contribution < -0.4 is 10.6 Å². The van der Waals surface area contributed by atoms with Gasteiger partial charge in [0.15, 0.2) is 0 Å². The minimum Gasteiger partial charge on any atom is -0.348 e. The average Bonchev–Trinajstić information content (AvgIpc) is 3.18. The standard InChI is InChI=1S/C17H21N3O2S/c1-11(21)19-16(12-6-2-3-7-12)17(22)18-10-15-20-13-8-4-5-9-14(13)23-15/h4-5,8-9,12,16H,2-3,6-7,10H2,1H3,(H,18,22)(H,19,21)/t16-/m1/s1. The molecule has 5 nitrogen and oxygen atoms in total. The number of nitrogens with zero attached hydrogens (tertiary/aromatic N) is 1. The number of carbonyl (C=O) groups excluding carboxylic acids is 2. The van der Waals surface area contributed by atoms with Crippen molar-refractivity contribution in [2.45, 2.75) is 45.2 Å². The fraction of sp³-hybridized carbons (Fsp3) is 0.471. The molecule has 1 aromatic carbocycles. The zero-order valence-electron chi connectivity index (χ0n) is 13.2. The number of para-hydroxylation sites is 1. The predicted molar refractivity (Wildman–Crippen MR) is 91.0 cm³/mol. The third-order valence-corrected chi connectivity index (χ3v) is 5.30. The lowest BCUT2D eigenvalue weighted by Gasteiger charge is -2.23. The van der Waals surface area contributed by atoms with E-state index >= 15 is 0 Å². The lowest BCUT2D eigenvalue weighted by molar-refractivity contribution is -0.129. The van der Waals surface area contributed by atoms with Crippen LogP contribution >= 0.6 is 11.3 Å². The molecule has 0 spiro atoms. The highest BCUT2D eigenvalue weighted by Crippen LogP contribution is 2.28. The van der Waals surface area contributed by atoms with Crippen molar-refractivity contribution in [3.05, 3.63) is 29.3 Å². The number of aromatic nitrogens is 1. The van der Waals surface area contributed by atoms with E-state index in [4.69, 9.17) is 0 Å². The second-order valence-corrected chi connectivity index (χ2v) is 7.13. The Labute approximate surface area is 139 Å². The number of hydrogen-bond donors (Lipinski definition) is 2. The smallest absolute Gasteiger partial charge is 0.243 e. The van der Waals surface area contributed by atoms with E-state index in [1.807, 2.05) is 24.3 Å². The normalized spacial score (nSPS) is 16.4. The third-order valence-electron chi connectivity index (χ3n) is 4.26. The molecule has 0 bridgehead atoms. The van der Waals surface area contributed by atoms with Crippen LogP contribution in [0.25, 0.3) is 10.2 Å². The molecule has 0 unspecified atom stereocenters. The van der Waals surface area contributed by atoms with Crippen molar-refractivity contribution in [2.24, 2.45) is 5.92 Å². The van der Waals surface area contributed by atoms with Gasteiger partial charge in [-0.3, -0.25) is 9.59 Å². The minimum absolute atomic E-state index is 0.105. The predicted octanol–water partition coefficient (Wildman–Crippen LogP) is 2.61. The average molecular weight is 331 g/mol. The lowest BCUT2D eigenvalue weighted by Crippen LogP contribution is -2.49. The maximum absolute atomic E-state index is 12.5. The SMILES string of the molecule is CC(=O)N[C@@H](C(=O)NCc1nc2ccccc2s1)C1CCCC1. The molecule has 2 N–H and O–H groups in total. The summed E-state index contributed by atoms with van der Waals surface area (Å²) in [6.07, 6.45) is 4.26. The van der Waals surface area contributed by atoms with Crippen LogP contribution in [0.2, 0.25) is 0 Å². The molecule has 6 heteroatoms. The van der Waals surface area contributed by atoms with Crippen LogP contribution in [0.15, 0.2) is 24.3 Å². The van der Waals surface area contributed by atoms with E-state index in [0.29, 0.717) is 6.54 Å². The zero-order valence-corrected chi connectivity index (χ0v) is 14.0. The monoisotopic (exact) mass is 331 g/mol. The van der Waals surface area contributed by atoms with Gasteiger partial charge in [-0.15, -0.1) is 11.3 Å². The van der Waals surface area contributed by atoms with Crippen molar-refractivity contribution < 1.29 is 9.59 Å². The molecule has 1 heterocycles. The van der Waals surface area contributed by atoms with E-state index in [2.05, 4.69) is 15.6 Å². The molecular weight excluding hydrogens is 310 g/mol. The number of fused-ring (bicyclic) bond motifs is 1. The molecule has 0 radical (unpaired) electrons. The summed E-state index contributed by atoms with van der Waals surface area (Å²) in [4.78, 5) is 28.4. The summed E-state index contributed by atoms with van der Waals surface area (Å²) in [5.41, 5.74) is 0.955. The first-order valence-electron chi connectivity index (χ1n) is 8.03. The lowest BCUT2D eigenvalue weighted by atomic mass is 9.97. The highest BCUT2D eigenvalue weighted by Gasteiger charge is 2.31. The molecule has 1 saturated carbocycles. The number of rotatable bonds is 5. The van der Waals surface area contributed by atoms with Crippen LogP contribution in [-0.2, 0) is 16.1 Å². The molecule has 3 rings (SSSR count). The fourth-order valence-corrected chi connectivity index (χ4v) is 4.08. The quantitative estimate of drug-likeness (QED) is 0.885. The van der Waals surface area contributed by atoms with Crippen LogP contribution in [-0.4, -0.2) is 22.8 Å². The number of thiazole rings is 1. The molecule has 1 atom stereocenters. The first-order chi connectivity index (χ1) is 11.1. The molecule has 23 heavy (non-hydrogen) atoms. The van der Waals surface area contributed by atoms with Crippen LogP contribution in [0.1, 0.15) is 37.6 Å². The number of amides is 2. The van der Waals surface area contributed by atoms with Gasteiger partial charge in [-0.1, -0.05) is 25.0 Å². The van der Waals surface area contributed by atoms with Crippen LogP contribution in [0, 0.1) is 5.92 Å². The van der Waals surface area contributed by atoms with Crippen molar-refractivity contribution in [3.63, 3.8) is 0 Å². The number of benzene rings is 1. The largest absolute Gasteiger partial charge is 0.348 e. The van der Waals surface area contributed by atoms with Crippen molar-refractivity contribution in [1.82, 2.24) is 15.6 Å². The van der Waals surface area contributed by atoms with Crippen molar-refractivity contribution in [1.29, 1.82) is 0 Å². The van der Waals surface area contributed by atoms with Gasteiger partial charge in [0.2, 0.25) is 11.8 Å². The molecule has 1 aliphatic carbocycles. The van der Waals surface area contributed by atoms with E-state index in [9.17, 15) is 9.59 Å². The van der Waals surface area contributed by atoms with E-state index in [1.54, 1.807) is 11.3 Å². The Morgan fingerprint density at radius 3 is 2.74 bits per heavy atom. The van der Waals surface area contributed by atoms with Crippen molar-refractivity contribution >= 4 is 33.4 Å². The second kappa shape index (κ2) is 7.08. The summed E-state index contributed by atoms with van der Waals surface area (Å²) in [7, 11) is 0. The third kappa shape index (κ3) is 3.88. The molecule has 2 amide bonds. The highest BCUT2D eigenvalue weighted by atomic mass is 32.1. The summed E-state index contributed by atoms with van der Waals surface area (Å²) < 4.78 is 1.12. The van der Waals surface area contributed by atoms with Crippen LogP contribution in [0.5, 0.6) is 0 Å². The molecule has 2 aromatic rings. The van der Waals surface area contributed by atoms with Gasteiger partial charge in [0.05, 0.1) is 16.8 Å². The van der Waals surface area contributed by atoms with Gasteiger partial charge in [-0.25, -0.2) is 4.98 Å². The second-order valence-electron chi connectivity index (χ2n) is 6.02. The van der Waals surface area contributed by atoms with E-state index in [0.717, 1.165) is 40.9 Å². The molecule has 1 aliphatic rings. The van der Waals surface area contributed by atoms with Gasteiger partial charge in [-0.2, -0.15) is 0 Å². The zero-order chi connectivity index (χ0) is 16.2. The Morgan fingerprint density at radius 1 is 1.30 bits per heavy atom. The summed E-state index contributed by atoms with van der Waals surface area (Å²) >= 11 is 1.58. The Balaban J connectivity index is 1.64. The molecule has 1 fully saturated rings. The maximum Gasteiger partial charge on any atom is 0.243 e. The topological polar surface area (TPSA) is 71.1 Å². The van der Waals surface area contributed by atoms with E-state index < -0.39 is 6.04 Å². The molecular formula is C17H21N3O2S. The van der Waals surface area contributed by atoms with Gasteiger partial charge < -0.3 is 10.6 Å². The number of carbonyl (C=O) groups is 2. The molecule has 0 aliphatic heterocycles. The summed E-state index contributed by atoms with van der Waals surface area (Å²) in [6, 6.07) is 7.50. The molecule has 122 valence electrons. The summed E-state index contributed by atoms with van der Waals surface area (Å²) in [5, 5.41) is 6.63. The van der Waals surface area contributed by atoms with Crippen molar-refractivity contribution in [2.75, 3.05) is 0 Å². The van der Waals surface area contributed by atoms with Gasteiger partial charge in [-0.05, 0) is 30.9 Å². The number of hydrogen-bond acceptors (Lipinski definition) is 4. The Kier molecular flexibility index (Phi) is 4.91. The first-order valence-corrected chi connectivity index (χ1v) is 8.84. The van der Waals surface area contributed by atoms with Gasteiger partial charge in [0.1, 0.15) is 11.0 Å². The summed E-state index contributed by atoms with van der Waals surface area (Å²) in [5.74, 6) is -0.0161. The molecule has 1 aromatic heterocycles. The summed E-state index contributed by atoms with van der Waals surface area (Å²) in [6.45, 7) is 1.86. The van der Waals surface area contributed by atoms with Crippen LogP contribution in [0.3, 0.4) is 0 Å². The molecule has 0 saturated heterocycles. The Bertz CT molecular complexity index is 674. The fourth-order valence-electron chi connectivity index (χ4n) is 3.18. The Morgan fingerprint density at radius 2 is 2.04 bits per heavy atom. The van der Waals surface area contributed by atoms with Crippen molar-refractivity contribution in [3.8, 4) is 0 Å². The maximum atomic E-state index is 12.5. The van der Waals surface area contributed by atoms with E-state index in [-0.39, 0.29) is 17.7 Å². The van der Waals surface area contributed by atoms with E-state index in [1.165, 1.54) is 6.92 Å². The van der Waals surface area contributed by atoms with Crippen LogP contribution in [0.4, 0.5) is 0 Å². The van der Waals surface area contributed by atoms with Gasteiger partial charge >= 0.3 is 0 Å².